The predicted molar refractivity (Wildman–Crippen MR) is 67.6 cm³/mol. The number of aromatic nitrogens is 2. The van der Waals surface area contributed by atoms with Crippen LogP contribution in [0.3, 0.4) is 0 Å². The van der Waals surface area contributed by atoms with Crippen molar-refractivity contribution >= 4 is 39.0 Å². The van der Waals surface area contributed by atoms with Crippen molar-refractivity contribution in [3.8, 4) is 0 Å². The summed E-state index contributed by atoms with van der Waals surface area (Å²) in [4.78, 5) is 0. The second-order valence-corrected chi connectivity index (χ2v) is 6.62. The number of alkyl halides is 1. The molecule has 2 nitrogen and oxygen atoms in total. The standard InChI is InChI=1S/C9H15BrN2S2/c1-7(3-5-10)4-6-13-9-12-11-8(2)14-9/h7H,3-6H2,1-2H3. The molecule has 1 rings (SSSR count). The fraction of sp³-hybridized carbons (Fsp3) is 0.778. The maximum absolute atomic E-state index is 4.08. The maximum atomic E-state index is 4.08. The van der Waals surface area contributed by atoms with Crippen LogP contribution in [0.2, 0.25) is 0 Å². The minimum Gasteiger partial charge on any atom is -0.143 e. The molecule has 0 N–H and O–H groups in total. The van der Waals surface area contributed by atoms with E-state index in [1.807, 2.05) is 18.7 Å². The SMILES string of the molecule is Cc1nnc(SCCC(C)CCBr)s1. The highest BCUT2D eigenvalue weighted by molar-refractivity contribution is 9.09. The highest BCUT2D eigenvalue weighted by atomic mass is 79.9. The Hall–Kier alpha value is 0.390. The number of hydrogen-bond donors (Lipinski definition) is 0. The van der Waals surface area contributed by atoms with Gasteiger partial charge >= 0.3 is 0 Å². The number of thioether (sulfide) groups is 1. The summed E-state index contributed by atoms with van der Waals surface area (Å²) in [7, 11) is 0. The minimum absolute atomic E-state index is 0.802. The normalized spacial score (nSPS) is 13.1. The van der Waals surface area contributed by atoms with Gasteiger partial charge in [0.25, 0.3) is 0 Å². The second-order valence-electron chi connectivity index (χ2n) is 3.31. The fourth-order valence-corrected chi connectivity index (χ4v) is 3.85. The molecule has 0 radical (unpaired) electrons. The molecule has 0 aliphatic carbocycles. The van der Waals surface area contributed by atoms with E-state index in [-0.39, 0.29) is 0 Å². The number of halogens is 1. The van der Waals surface area contributed by atoms with Crippen LogP contribution >= 0.6 is 39.0 Å². The van der Waals surface area contributed by atoms with Gasteiger partial charge in [-0.05, 0) is 25.7 Å². The van der Waals surface area contributed by atoms with Crippen molar-refractivity contribution < 1.29 is 0 Å². The van der Waals surface area contributed by atoms with E-state index >= 15 is 0 Å². The number of nitrogens with zero attached hydrogens (tertiary/aromatic N) is 2. The van der Waals surface area contributed by atoms with Gasteiger partial charge in [-0.3, -0.25) is 0 Å². The Bertz CT molecular complexity index is 265. The summed E-state index contributed by atoms with van der Waals surface area (Å²) >= 11 is 6.97. The van der Waals surface area contributed by atoms with E-state index in [0.29, 0.717) is 0 Å². The second kappa shape index (κ2) is 6.80. The summed E-state index contributed by atoms with van der Waals surface area (Å²) in [6, 6.07) is 0. The van der Waals surface area contributed by atoms with Crippen LogP contribution in [-0.4, -0.2) is 21.3 Å². The molecule has 0 saturated carbocycles. The average Bonchev–Trinajstić information content (AvgIpc) is 2.52. The number of aryl methyl sites for hydroxylation is 1. The van der Waals surface area contributed by atoms with E-state index in [4.69, 9.17) is 0 Å². The molecule has 1 unspecified atom stereocenters. The molecule has 1 atom stereocenters. The van der Waals surface area contributed by atoms with Gasteiger partial charge in [0.2, 0.25) is 0 Å². The van der Waals surface area contributed by atoms with Gasteiger partial charge in [0.15, 0.2) is 4.34 Å². The number of hydrogen-bond acceptors (Lipinski definition) is 4. The van der Waals surface area contributed by atoms with E-state index in [0.717, 1.165) is 26.3 Å². The van der Waals surface area contributed by atoms with Gasteiger partial charge in [-0.15, -0.1) is 10.2 Å². The van der Waals surface area contributed by atoms with Crippen LogP contribution in [0.5, 0.6) is 0 Å². The lowest BCUT2D eigenvalue weighted by Crippen LogP contribution is -1.96. The molecule has 0 amide bonds. The van der Waals surface area contributed by atoms with Gasteiger partial charge in [0.05, 0.1) is 0 Å². The van der Waals surface area contributed by atoms with Crippen molar-refractivity contribution in [3.05, 3.63) is 5.01 Å². The van der Waals surface area contributed by atoms with E-state index in [2.05, 4.69) is 33.1 Å². The summed E-state index contributed by atoms with van der Waals surface area (Å²) in [6.07, 6.45) is 2.52. The Morgan fingerprint density at radius 1 is 1.43 bits per heavy atom. The van der Waals surface area contributed by atoms with Crippen molar-refractivity contribution in [2.45, 2.75) is 31.0 Å². The first-order chi connectivity index (χ1) is 6.72. The smallest absolute Gasteiger partial charge is 0.143 e. The van der Waals surface area contributed by atoms with Crippen molar-refractivity contribution in [2.24, 2.45) is 5.92 Å². The molecule has 1 aromatic heterocycles. The van der Waals surface area contributed by atoms with Gasteiger partial charge in [-0.1, -0.05) is 46.0 Å². The van der Waals surface area contributed by atoms with Gasteiger partial charge in [-0.2, -0.15) is 0 Å². The summed E-state index contributed by atoms with van der Waals surface area (Å²) in [5.74, 6) is 1.96. The van der Waals surface area contributed by atoms with Crippen molar-refractivity contribution in [3.63, 3.8) is 0 Å². The molecule has 0 aliphatic heterocycles. The molecule has 0 fully saturated rings. The maximum Gasteiger partial charge on any atom is 0.174 e. The molecule has 0 saturated heterocycles. The monoisotopic (exact) mass is 294 g/mol. The molecule has 0 bridgehead atoms. The van der Waals surface area contributed by atoms with E-state index in [1.165, 1.54) is 12.8 Å². The lowest BCUT2D eigenvalue weighted by atomic mass is 10.1. The Morgan fingerprint density at radius 2 is 2.21 bits per heavy atom. The predicted octanol–water partition coefficient (Wildman–Crippen LogP) is 3.75. The Balaban J connectivity index is 2.15. The van der Waals surface area contributed by atoms with Crippen LogP contribution in [-0.2, 0) is 0 Å². The van der Waals surface area contributed by atoms with Crippen molar-refractivity contribution in [1.82, 2.24) is 10.2 Å². The first-order valence-electron chi connectivity index (χ1n) is 4.71. The first-order valence-corrected chi connectivity index (χ1v) is 7.63. The summed E-state index contributed by atoms with van der Waals surface area (Å²) in [6.45, 7) is 4.29. The zero-order chi connectivity index (χ0) is 10.4. The molecule has 0 spiro atoms. The lowest BCUT2D eigenvalue weighted by Gasteiger charge is -2.06. The van der Waals surface area contributed by atoms with Crippen LogP contribution in [0.15, 0.2) is 4.34 Å². The third-order valence-electron chi connectivity index (χ3n) is 1.95. The highest BCUT2D eigenvalue weighted by Gasteiger charge is 2.04. The van der Waals surface area contributed by atoms with Gasteiger partial charge < -0.3 is 0 Å². The van der Waals surface area contributed by atoms with Gasteiger partial charge in [-0.25, -0.2) is 0 Å². The zero-order valence-corrected chi connectivity index (χ0v) is 11.7. The molecule has 1 heterocycles. The summed E-state index contributed by atoms with van der Waals surface area (Å²) in [5.41, 5.74) is 0. The molecular formula is C9H15BrN2S2. The topological polar surface area (TPSA) is 25.8 Å². The van der Waals surface area contributed by atoms with Crippen LogP contribution in [0.4, 0.5) is 0 Å². The third kappa shape index (κ3) is 4.75. The van der Waals surface area contributed by atoms with Crippen LogP contribution in [0.25, 0.3) is 0 Å². The Kier molecular flexibility index (Phi) is 6.05. The average molecular weight is 295 g/mol. The molecule has 0 aromatic carbocycles. The molecule has 0 aliphatic rings. The number of rotatable bonds is 6. The Morgan fingerprint density at radius 3 is 2.79 bits per heavy atom. The first kappa shape index (κ1) is 12.5. The fourth-order valence-electron chi connectivity index (χ4n) is 1.01. The molecule has 1 aromatic rings. The largest absolute Gasteiger partial charge is 0.174 e. The Labute approximate surface area is 102 Å². The molecular weight excluding hydrogens is 280 g/mol. The van der Waals surface area contributed by atoms with Crippen LogP contribution < -0.4 is 0 Å². The summed E-state index contributed by atoms with van der Waals surface area (Å²) < 4.78 is 1.11. The van der Waals surface area contributed by atoms with Crippen molar-refractivity contribution in [2.75, 3.05) is 11.1 Å². The van der Waals surface area contributed by atoms with E-state index < -0.39 is 0 Å². The van der Waals surface area contributed by atoms with Crippen LogP contribution in [0.1, 0.15) is 24.8 Å². The third-order valence-corrected chi connectivity index (χ3v) is 4.41. The molecule has 5 heteroatoms. The van der Waals surface area contributed by atoms with E-state index in [9.17, 15) is 0 Å². The lowest BCUT2D eigenvalue weighted by molar-refractivity contribution is 0.555. The van der Waals surface area contributed by atoms with Crippen LogP contribution in [0, 0.1) is 12.8 Å². The molecule has 14 heavy (non-hydrogen) atoms. The quantitative estimate of drug-likeness (QED) is 0.590. The minimum atomic E-state index is 0.802. The van der Waals surface area contributed by atoms with Gasteiger partial charge in [0.1, 0.15) is 5.01 Å². The molecule has 80 valence electrons. The van der Waals surface area contributed by atoms with Crippen molar-refractivity contribution in [1.29, 1.82) is 0 Å². The zero-order valence-electron chi connectivity index (χ0n) is 8.49. The highest BCUT2D eigenvalue weighted by Crippen LogP contribution is 2.24. The van der Waals surface area contributed by atoms with Gasteiger partial charge in [0, 0.05) is 11.1 Å². The summed E-state index contributed by atoms with van der Waals surface area (Å²) in [5, 5.41) is 10.2. The van der Waals surface area contributed by atoms with E-state index in [1.54, 1.807) is 11.3 Å².